The lowest BCUT2D eigenvalue weighted by molar-refractivity contribution is 0.0348. The molecule has 7 heteroatoms. The zero-order chi connectivity index (χ0) is 19.9. The first kappa shape index (κ1) is 20.4. The number of benzene rings is 1. The van der Waals surface area contributed by atoms with Crippen LogP contribution in [-0.2, 0) is 16.0 Å². The summed E-state index contributed by atoms with van der Waals surface area (Å²) in [5, 5.41) is 2.29. The van der Waals surface area contributed by atoms with Gasteiger partial charge >= 0.3 is 12.2 Å². The van der Waals surface area contributed by atoms with Gasteiger partial charge in [0.05, 0.1) is 18.8 Å². The maximum Gasteiger partial charge on any atom is 0.429 e. The Morgan fingerprint density at radius 2 is 1.93 bits per heavy atom. The van der Waals surface area contributed by atoms with Gasteiger partial charge in [0.25, 0.3) is 0 Å². The van der Waals surface area contributed by atoms with Crippen molar-refractivity contribution in [3.8, 4) is 0 Å². The molecule has 1 atom stereocenters. The van der Waals surface area contributed by atoms with E-state index in [4.69, 9.17) is 9.47 Å². The maximum atomic E-state index is 12.4. The molecule has 7 nitrogen and oxygen atoms in total. The van der Waals surface area contributed by atoms with Crippen molar-refractivity contribution >= 4 is 23.1 Å². The van der Waals surface area contributed by atoms with Gasteiger partial charge in [0.15, 0.2) is 0 Å². The van der Waals surface area contributed by atoms with Crippen molar-refractivity contribution in [1.82, 2.24) is 15.0 Å². The molecule has 0 aliphatic rings. The van der Waals surface area contributed by atoms with Gasteiger partial charge in [-0.2, -0.15) is 0 Å². The van der Waals surface area contributed by atoms with Crippen LogP contribution in [0.25, 0.3) is 10.9 Å². The maximum absolute atomic E-state index is 12.4. The van der Waals surface area contributed by atoms with Crippen molar-refractivity contribution in [2.45, 2.75) is 39.3 Å². The van der Waals surface area contributed by atoms with E-state index in [0.29, 0.717) is 13.0 Å². The summed E-state index contributed by atoms with van der Waals surface area (Å²) in [5.41, 5.74) is 2.71. The summed E-state index contributed by atoms with van der Waals surface area (Å²) in [6.07, 6.45) is 2.76. The molecule has 0 aliphatic heterocycles. The van der Waals surface area contributed by atoms with Crippen molar-refractivity contribution in [3.05, 3.63) is 49.2 Å². The number of rotatable bonds is 7. The number of hydrogen-bond donors (Lipinski definition) is 1. The van der Waals surface area contributed by atoms with E-state index in [0.717, 1.165) is 15.9 Å². The molecular weight excluding hydrogens is 346 g/mol. The highest BCUT2D eigenvalue weighted by Crippen LogP contribution is 2.23. The van der Waals surface area contributed by atoms with E-state index < -0.39 is 17.7 Å². The largest absolute Gasteiger partial charge is 0.449 e. The molecule has 0 aliphatic carbocycles. The predicted molar refractivity (Wildman–Crippen MR) is 104 cm³/mol. The minimum Gasteiger partial charge on any atom is -0.449 e. The Labute approximate surface area is 159 Å². The van der Waals surface area contributed by atoms with Crippen LogP contribution in [0, 0.1) is 0 Å². The van der Waals surface area contributed by atoms with Gasteiger partial charge in [-0.1, -0.05) is 24.3 Å². The molecule has 2 rings (SSSR count). The highest BCUT2D eigenvalue weighted by molar-refractivity contribution is 5.80. The number of amides is 2. The molecule has 1 unspecified atom stereocenters. The first-order valence-electron chi connectivity index (χ1n) is 9.03. The summed E-state index contributed by atoms with van der Waals surface area (Å²) in [6.45, 7) is 10.1. The number of fused-ring (bicyclic) bond motifs is 1. The number of aromatic nitrogens is 1. The number of carbonyl (C=O) groups excluding carboxylic acids is 2. The number of ether oxygens (including phenoxy) is 2. The number of hydrazine groups is 1. The predicted octanol–water partition coefficient (Wildman–Crippen LogP) is 4.10. The van der Waals surface area contributed by atoms with Crippen LogP contribution in [0.1, 0.15) is 27.2 Å². The van der Waals surface area contributed by atoms with E-state index >= 15 is 0 Å². The summed E-state index contributed by atoms with van der Waals surface area (Å²) in [7, 11) is 0. The van der Waals surface area contributed by atoms with E-state index in [1.54, 1.807) is 19.9 Å². The normalized spacial score (nSPS) is 12.9. The number of aryl methyl sites for hydroxylation is 1. The van der Waals surface area contributed by atoms with Gasteiger partial charge in [0.1, 0.15) is 0 Å². The van der Waals surface area contributed by atoms with Crippen LogP contribution in [0.2, 0.25) is 0 Å². The first-order valence-corrected chi connectivity index (χ1v) is 9.03. The van der Waals surface area contributed by atoms with Crippen LogP contribution < -0.4 is 5.43 Å². The fourth-order valence-electron chi connectivity index (χ4n) is 2.81. The molecule has 1 heterocycles. The molecule has 0 radical (unpaired) electrons. The smallest absolute Gasteiger partial charge is 0.429 e. The molecule has 0 bridgehead atoms. The average Bonchev–Trinajstić information content (AvgIpc) is 3.08. The number of nitrogens with zero attached hydrogens (tertiary/aromatic N) is 2. The lowest BCUT2D eigenvalue weighted by Crippen LogP contribution is -2.58. The molecule has 1 aromatic heterocycles. The summed E-state index contributed by atoms with van der Waals surface area (Å²) >= 11 is 0. The number of nitrogens with one attached hydrogen (secondary N) is 1. The van der Waals surface area contributed by atoms with Crippen LogP contribution in [0.4, 0.5) is 9.59 Å². The molecule has 0 saturated heterocycles. The van der Waals surface area contributed by atoms with Crippen molar-refractivity contribution in [3.63, 3.8) is 0 Å². The van der Waals surface area contributed by atoms with Crippen molar-refractivity contribution in [2.75, 3.05) is 13.2 Å². The van der Waals surface area contributed by atoms with Crippen LogP contribution >= 0.6 is 0 Å². The van der Waals surface area contributed by atoms with Crippen LogP contribution in [0.3, 0.4) is 0 Å². The third-order valence-electron chi connectivity index (χ3n) is 4.42. The lowest BCUT2D eigenvalue weighted by atomic mass is 9.97. The number of para-hydroxylation sites is 1. The van der Waals surface area contributed by atoms with Gasteiger partial charge in [-0.05, 0) is 44.7 Å². The van der Waals surface area contributed by atoms with E-state index in [2.05, 4.69) is 16.6 Å². The second-order valence-corrected chi connectivity index (χ2v) is 6.25. The Bertz CT molecular complexity index is 801. The second kappa shape index (κ2) is 9.12. The minimum absolute atomic E-state index is 0.190. The van der Waals surface area contributed by atoms with Gasteiger partial charge in [0, 0.05) is 18.3 Å². The Hall–Kier alpha value is -2.96. The third-order valence-corrected chi connectivity index (χ3v) is 4.42. The van der Waals surface area contributed by atoms with E-state index in [1.165, 1.54) is 0 Å². The third kappa shape index (κ3) is 4.81. The molecule has 2 amide bonds. The minimum atomic E-state index is -0.871. The molecule has 1 aromatic carbocycles. The number of hydrogen-bond acceptors (Lipinski definition) is 4. The second-order valence-electron chi connectivity index (χ2n) is 6.25. The van der Waals surface area contributed by atoms with Gasteiger partial charge in [-0.15, -0.1) is 6.58 Å². The van der Waals surface area contributed by atoms with Crippen LogP contribution in [-0.4, -0.2) is 40.5 Å². The molecule has 1 N–H and O–H groups in total. The summed E-state index contributed by atoms with van der Waals surface area (Å²) in [6, 6.07) is 10.1. The number of carbonyl (C=O) groups is 2. The first-order chi connectivity index (χ1) is 12.9. The Morgan fingerprint density at radius 1 is 1.22 bits per heavy atom. The molecule has 27 heavy (non-hydrogen) atoms. The van der Waals surface area contributed by atoms with Crippen molar-refractivity contribution < 1.29 is 19.1 Å². The van der Waals surface area contributed by atoms with Crippen molar-refractivity contribution in [1.29, 1.82) is 0 Å². The molecule has 146 valence electrons. The van der Waals surface area contributed by atoms with Gasteiger partial charge in [-0.3, -0.25) is 0 Å². The van der Waals surface area contributed by atoms with E-state index in [9.17, 15) is 9.59 Å². The Kier molecular flexibility index (Phi) is 6.87. The van der Waals surface area contributed by atoms with E-state index in [-0.39, 0.29) is 13.2 Å². The highest BCUT2D eigenvalue weighted by Gasteiger charge is 2.35. The zero-order valence-corrected chi connectivity index (χ0v) is 16.1. The SMILES string of the molecule is C=CC(C)(CCn1ccc2ccccc21)N(NC(=O)OCC)C(=O)OCC. The molecule has 2 aromatic rings. The molecule has 0 saturated carbocycles. The molecule has 0 fully saturated rings. The molecular formula is C20H27N3O4. The van der Waals surface area contributed by atoms with Gasteiger partial charge < -0.3 is 14.0 Å². The summed E-state index contributed by atoms with van der Waals surface area (Å²) in [5.74, 6) is 0. The van der Waals surface area contributed by atoms with Gasteiger partial charge in [0.2, 0.25) is 0 Å². The Balaban J connectivity index is 2.22. The monoisotopic (exact) mass is 373 g/mol. The van der Waals surface area contributed by atoms with Gasteiger partial charge in [-0.25, -0.2) is 20.0 Å². The fraction of sp³-hybridized carbons (Fsp3) is 0.400. The van der Waals surface area contributed by atoms with Crippen LogP contribution in [0.15, 0.2) is 49.2 Å². The summed E-state index contributed by atoms with van der Waals surface area (Å²) in [4.78, 5) is 24.4. The van der Waals surface area contributed by atoms with E-state index in [1.807, 2.05) is 43.5 Å². The standard InChI is InChI=1S/C20H27N3O4/c1-5-20(4,23(19(25)27-7-3)21-18(24)26-6-2)13-15-22-14-12-16-10-8-9-11-17(16)22/h5,8-12,14H,1,6-7,13,15H2,2-4H3,(H,21,24). The highest BCUT2D eigenvalue weighted by atomic mass is 16.6. The Morgan fingerprint density at radius 3 is 2.59 bits per heavy atom. The average molecular weight is 373 g/mol. The molecule has 0 spiro atoms. The topological polar surface area (TPSA) is 72.8 Å². The lowest BCUT2D eigenvalue weighted by Gasteiger charge is -2.37. The quantitative estimate of drug-likeness (QED) is 0.586. The van der Waals surface area contributed by atoms with Crippen molar-refractivity contribution in [2.24, 2.45) is 0 Å². The fourth-order valence-corrected chi connectivity index (χ4v) is 2.81. The zero-order valence-electron chi connectivity index (χ0n) is 16.1. The summed E-state index contributed by atoms with van der Waals surface area (Å²) < 4.78 is 12.1. The van der Waals surface area contributed by atoms with Crippen LogP contribution in [0.5, 0.6) is 0 Å².